The van der Waals surface area contributed by atoms with Crippen molar-refractivity contribution in [3.8, 4) is 0 Å². The van der Waals surface area contributed by atoms with E-state index < -0.39 is 0 Å². The standard InChI is InChI=1S/C14H19N3O2S/c1-9-4-3-7-17(9)14(19)11-8-20-13(16-11)12(18)15-10-5-2-6-10/h8-10H,2-7H2,1H3,(H,15,18). The summed E-state index contributed by atoms with van der Waals surface area (Å²) in [5.74, 6) is -0.192. The van der Waals surface area contributed by atoms with Gasteiger partial charge in [-0.05, 0) is 39.0 Å². The van der Waals surface area contributed by atoms with Crippen molar-refractivity contribution in [1.29, 1.82) is 0 Å². The van der Waals surface area contributed by atoms with E-state index in [2.05, 4.69) is 17.2 Å². The highest BCUT2D eigenvalue weighted by molar-refractivity contribution is 7.11. The molecule has 1 aliphatic carbocycles. The van der Waals surface area contributed by atoms with E-state index in [1.807, 2.05) is 4.90 Å². The summed E-state index contributed by atoms with van der Waals surface area (Å²) < 4.78 is 0. The molecular weight excluding hydrogens is 274 g/mol. The van der Waals surface area contributed by atoms with Crippen molar-refractivity contribution in [2.45, 2.75) is 51.1 Å². The minimum Gasteiger partial charge on any atom is -0.347 e. The Morgan fingerprint density at radius 2 is 2.15 bits per heavy atom. The minimum absolute atomic E-state index is 0.0473. The third-order valence-corrected chi connectivity index (χ3v) is 5.01. The van der Waals surface area contributed by atoms with Crippen LogP contribution in [-0.4, -0.2) is 40.3 Å². The first kappa shape index (κ1) is 13.5. The van der Waals surface area contributed by atoms with Crippen molar-refractivity contribution in [3.63, 3.8) is 0 Å². The molecule has 1 aromatic rings. The molecule has 0 radical (unpaired) electrons. The van der Waals surface area contributed by atoms with E-state index in [4.69, 9.17) is 0 Å². The molecule has 6 heteroatoms. The molecule has 108 valence electrons. The molecule has 0 bridgehead atoms. The topological polar surface area (TPSA) is 62.3 Å². The summed E-state index contributed by atoms with van der Waals surface area (Å²) in [5, 5.41) is 5.04. The van der Waals surface area contributed by atoms with Crippen LogP contribution >= 0.6 is 11.3 Å². The minimum atomic E-state index is -0.145. The van der Waals surface area contributed by atoms with E-state index in [0.29, 0.717) is 16.7 Å². The largest absolute Gasteiger partial charge is 0.347 e. The Hall–Kier alpha value is -1.43. The lowest BCUT2D eigenvalue weighted by Gasteiger charge is -2.25. The van der Waals surface area contributed by atoms with Gasteiger partial charge in [0.2, 0.25) is 0 Å². The summed E-state index contributed by atoms with van der Waals surface area (Å²) >= 11 is 1.25. The second kappa shape index (κ2) is 5.52. The van der Waals surface area contributed by atoms with Crippen LogP contribution in [0.4, 0.5) is 0 Å². The van der Waals surface area contributed by atoms with Crippen LogP contribution in [-0.2, 0) is 0 Å². The fraction of sp³-hybridized carbons (Fsp3) is 0.643. The average molecular weight is 293 g/mol. The Morgan fingerprint density at radius 3 is 2.75 bits per heavy atom. The van der Waals surface area contributed by atoms with Gasteiger partial charge in [-0.1, -0.05) is 0 Å². The molecule has 1 saturated carbocycles. The molecule has 2 amide bonds. The van der Waals surface area contributed by atoms with E-state index in [1.165, 1.54) is 17.8 Å². The summed E-state index contributed by atoms with van der Waals surface area (Å²) in [6, 6.07) is 0.570. The number of thiazole rings is 1. The van der Waals surface area contributed by atoms with E-state index >= 15 is 0 Å². The molecular formula is C14H19N3O2S. The molecule has 1 saturated heterocycles. The molecule has 2 aliphatic rings. The number of hydrogen-bond acceptors (Lipinski definition) is 4. The monoisotopic (exact) mass is 293 g/mol. The van der Waals surface area contributed by atoms with Gasteiger partial charge in [-0.2, -0.15) is 0 Å². The molecule has 1 N–H and O–H groups in total. The van der Waals surface area contributed by atoms with Crippen LogP contribution in [0.2, 0.25) is 0 Å². The van der Waals surface area contributed by atoms with Crippen LogP contribution in [0.5, 0.6) is 0 Å². The number of hydrogen-bond donors (Lipinski definition) is 1. The molecule has 20 heavy (non-hydrogen) atoms. The first-order chi connectivity index (χ1) is 9.65. The summed E-state index contributed by atoms with van der Waals surface area (Å²) in [6.07, 6.45) is 5.37. The molecule has 1 aromatic heterocycles. The van der Waals surface area contributed by atoms with E-state index in [0.717, 1.165) is 32.2 Å². The quantitative estimate of drug-likeness (QED) is 0.927. The molecule has 3 rings (SSSR count). The molecule has 2 heterocycles. The number of nitrogens with zero attached hydrogens (tertiary/aromatic N) is 2. The fourth-order valence-electron chi connectivity index (χ4n) is 2.66. The molecule has 2 fully saturated rings. The maximum atomic E-state index is 12.3. The number of carbonyl (C=O) groups is 2. The van der Waals surface area contributed by atoms with Crippen LogP contribution in [0.1, 0.15) is 59.3 Å². The first-order valence-electron chi connectivity index (χ1n) is 7.22. The van der Waals surface area contributed by atoms with Gasteiger partial charge in [0.05, 0.1) is 0 Å². The second-order valence-electron chi connectivity index (χ2n) is 5.63. The zero-order chi connectivity index (χ0) is 14.1. The van der Waals surface area contributed by atoms with Gasteiger partial charge in [-0.15, -0.1) is 11.3 Å². The van der Waals surface area contributed by atoms with E-state index in [9.17, 15) is 9.59 Å². The number of nitrogens with one attached hydrogen (secondary N) is 1. The van der Waals surface area contributed by atoms with Crippen LogP contribution in [0.25, 0.3) is 0 Å². The highest BCUT2D eigenvalue weighted by Crippen LogP contribution is 2.22. The Kier molecular flexibility index (Phi) is 3.74. The van der Waals surface area contributed by atoms with Crippen molar-refractivity contribution in [1.82, 2.24) is 15.2 Å². The number of rotatable bonds is 3. The predicted octanol–water partition coefficient (Wildman–Crippen LogP) is 2.05. The zero-order valence-electron chi connectivity index (χ0n) is 11.6. The van der Waals surface area contributed by atoms with Crippen LogP contribution in [0.15, 0.2) is 5.38 Å². The number of likely N-dealkylation sites (tertiary alicyclic amines) is 1. The lowest BCUT2D eigenvalue weighted by Crippen LogP contribution is -2.39. The Bertz CT molecular complexity index is 524. The predicted molar refractivity (Wildman–Crippen MR) is 77.0 cm³/mol. The Balaban J connectivity index is 1.66. The molecule has 1 atom stereocenters. The van der Waals surface area contributed by atoms with Crippen LogP contribution in [0, 0.1) is 0 Å². The summed E-state index contributed by atoms with van der Waals surface area (Å²) in [6.45, 7) is 2.85. The molecule has 5 nitrogen and oxygen atoms in total. The SMILES string of the molecule is CC1CCCN1C(=O)c1csc(C(=O)NC2CCC2)n1. The average Bonchev–Trinajstić information content (AvgIpc) is 3.01. The molecule has 0 aromatic carbocycles. The molecule has 0 spiro atoms. The summed E-state index contributed by atoms with van der Waals surface area (Å²) in [5.41, 5.74) is 0.405. The first-order valence-corrected chi connectivity index (χ1v) is 8.10. The van der Waals surface area contributed by atoms with Gasteiger partial charge >= 0.3 is 0 Å². The van der Waals surface area contributed by atoms with Crippen molar-refractivity contribution in [2.75, 3.05) is 6.54 Å². The number of amides is 2. The van der Waals surface area contributed by atoms with Crippen LogP contribution < -0.4 is 5.32 Å². The highest BCUT2D eigenvalue weighted by Gasteiger charge is 2.28. The summed E-state index contributed by atoms with van der Waals surface area (Å²) in [4.78, 5) is 30.4. The molecule has 1 unspecified atom stereocenters. The van der Waals surface area contributed by atoms with Gasteiger partial charge in [0.25, 0.3) is 11.8 Å². The normalized spacial score (nSPS) is 22.6. The Labute approximate surface area is 122 Å². The zero-order valence-corrected chi connectivity index (χ0v) is 12.4. The maximum absolute atomic E-state index is 12.3. The fourth-order valence-corrected chi connectivity index (χ4v) is 3.35. The van der Waals surface area contributed by atoms with Crippen molar-refractivity contribution >= 4 is 23.2 Å². The van der Waals surface area contributed by atoms with Gasteiger partial charge in [0, 0.05) is 24.0 Å². The van der Waals surface area contributed by atoms with E-state index in [1.54, 1.807) is 5.38 Å². The lowest BCUT2D eigenvalue weighted by molar-refractivity contribution is 0.0742. The number of carbonyl (C=O) groups excluding carboxylic acids is 2. The highest BCUT2D eigenvalue weighted by atomic mass is 32.1. The summed E-state index contributed by atoms with van der Waals surface area (Å²) in [7, 11) is 0. The van der Waals surface area contributed by atoms with Crippen molar-refractivity contribution in [2.24, 2.45) is 0 Å². The second-order valence-corrected chi connectivity index (χ2v) is 6.49. The van der Waals surface area contributed by atoms with Gasteiger partial charge in [0.1, 0.15) is 5.69 Å². The Morgan fingerprint density at radius 1 is 1.35 bits per heavy atom. The third-order valence-electron chi connectivity index (χ3n) is 4.17. The van der Waals surface area contributed by atoms with Crippen LogP contribution in [0.3, 0.4) is 0 Å². The van der Waals surface area contributed by atoms with Gasteiger partial charge in [-0.3, -0.25) is 9.59 Å². The van der Waals surface area contributed by atoms with Gasteiger partial charge < -0.3 is 10.2 Å². The van der Waals surface area contributed by atoms with Gasteiger partial charge in [-0.25, -0.2) is 4.98 Å². The van der Waals surface area contributed by atoms with Gasteiger partial charge in [0.15, 0.2) is 5.01 Å². The molecule has 1 aliphatic heterocycles. The van der Waals surface area contributed by atoms with E-state index in [-0.39, 0.29) is 17.9 Å². The maximum Gasteiger partial charge on any atom is 0.280 e. The number of aromatic nitrogens is 1. The van der Waals surface area contributed by atoms with Crippen molar-refractivity contribution in [3.05, 3.63) is 16.1 Å². The smallest absolute Gasteiger partial charge is 0.280 e. The lowest BCUT2D eigenvalue weighted by atomic mass is 9.93. The van der Waals surface area contributed by atoms with Crippen molar-refractivity contribution < 1.29 is 9.59 Å². The third kappa shape index (κ3) is 2.57.